The van der Waals surface area contributed by atoms with Crippen LogP contribution in [0.25, 0.3) is 0 Å². The molecule has 0 spiro atoms. The third kappa shape index (κ3) is 4.24. The Labute approximate surface area is 115 Å². The van der Waals surface area contributed by atoms with Gasteiger partial charge >= 0.3 is 0 Å². The Morgan fingerprint density at radius 3 is 2.47 bits per heavy atom. The summed E-state index contributed by atoms with van der Waals surface area (Å²) in [5, 5.41) is 2.98. The largest absolute Gasteiger partial charge is 0.496 e. The Balaban J connectivity index is 2.86. The number of rotatable bonds is 6. The number of benzene rings is 1. The van der Waals surface area contributed by atoms with E-state index < -0.39 is 0 Å². The van der Waals surface area contributed by atoms with Crippen LogP contribution in [0.5, 0.6) is 5.75 Å². The fourth-order valence-electron chi connectivity index (χ4n) is 1.91. The summed E-state index contributed by atoms with van der Waals surface area (Å²) < 4.78 is 5.39. The second-order valence-corrected chi connectivity index (χ2v) is 5.12. The highest BCUT2D eigenvalue weighted by Gasteiger charge is 2.19. The van der Waals surface area contributed by atoms with Gasteiger partial charge in [-0.25, -0.2) is 0 Å². The van der Waals surface area contributed by atoms with E-state index in [1.54, 1.807) is 7.11 Å². The van der Waals surface area contributed by atoms with E-state index in [-0.39, 0.29) is 17.9 Å². The second-order valence-electron chi connectivity index (χ2n) is 5.12. The third-order valence-electron chi connectivity index (χ3n) is 3.12. The molecule has 0 radical (unpaired) electrons. The van der Waals surface area contributed by atoms with Gasteiger partial charge in [0.2, 0.25) is 5.91 Å². The van der Waals surface area contributed by atoms with Gasteiger partial charge in [0.1, 0.15) is 5.75 Å². The zero-order valence-corrected chi connectivity index (χ0v) is 12.4. The lowest BCUT2D eigenvalue weighted by Gasteiger charge is -2.26. The zero-order chi connectivity index (χ0) is 14.4. The Bertz CT molecular complexity index is 416. The van der Waals surface area contributed by atoms with Crippen LogP contribution in [0.3, 0.4) is 0 Å². The highest BCUT2D eigenvalue weighted by atomic mass is 16.5. The van der Waals surface area contributed by atoms with Gasteiger partial charge in [0, 0.05) is 18.0 Å². The van der Waals surface area contributed by atoms with Crippen LogP contribution in [0.1, 0.15) is 25.5 Å². The van der Waals surface area contributed by atoms with Crippen LogP contribution < -0.4 is 10.1 Å². The molecule has 4 nitrogen and oxygen atoms in total. The molecule has 1 aromatic carbocycles. The van der Waals surface area contributed by atoms with E-state index in [1.165, 1.54) is 0 Å². The smallest absolute Gasteiger partial charge is 0.222 e. The lowest BCUT2D eigenvalue weighted by molar-refractivity contribution is -0.124. The fourth-order valence-corrected chi connectivity index (χ4v) is 1.91. The Morgan fingerprint density at radius 1 is 1.32 bits per heavy atom. The Kier molecular flexibility index (Phi) is 5.83. The van der Waals surface area contributed by atoms with Crippen molar-refractivity contribution in [2.45, 2.75) is 19.9 Å². The maximum Gasteiger partial charge on any atom is 0.222 e. The van der Waals surface area contributed by atoms with Crippen LogP contribution in [-0.2, 0) is 4.79 Å². The van der Waals surface area contributed by atoms with Crippen molar-refractivity contribution in [1.29, 1.82) is 0 Å². The van der Waals surface area contributed by atoms with E-state index in [2.05, 4.69) is 10.2 Å². The molecular weight excluding hydrogens is 240 g/mol. The standard InChI is InChI=1S/C15H24N2O2/c1-11(2)15(18)16-10-13(17(3)4)12-8-6-7-9-14(12)19-5/h6-9,11,13H,10H2,1-5H3,(H,16,18)/t13-/m1/s1. The topological polar surface area (TPSA) is 41.6 Å². The van der Waals surface area contributed by atoms with Crippen molar-refractivity contribution in [3.8, 4) is 5.75 Å². The number of para-hydroxylation sites is 1. The average Bonchev–Trinajstić information content (AvgIpc) is 2.38. The van der Waals surface area contributed by atoms with Gasteiger partial charge in [-0.1, -0.05) is 32.0 Å². The van der Waals surface area contributed by atoms with Gasteiger partial charge < -0.3 is 15.0 Å². The molecule has 0 heterocycles. The molecule has 106 valence electrons. The van der Waals surface area contributed by atoms with E-state index in [9.17, 15) is 4.79 Å². The lowest BCUT2D eigenvalue weighted by atomic mass is 10.0. The third-order valence-corrected chi connectivity index (χ3v) is 3.12. The molecule has 1 N–H and O–H groups in total. The molecule has 0 saturated carbocycles. The molecule has 1 amide bonds. The van der Waals surface area contributed by atoms with E-state index in [0.29, 0.717) is 6.54 Å². The fraction of sp³-hybridized carbons (Fsp3) is 0.533. The van der Waals surface area contributed by atoms with Crippen molar-refractivity contribution in [2.75, 3.05) is 27.7 Å². The van der Waals surface area contributed by atoms with Crippen molar-refractivity contribution in [1.82, 2.24) is 10.2 Å². The van der Waals surface area contributed by atoms with Gasteiger partial charge in [-0.2, -0.15) is 0 Å². The number of nitrogens with one attached hydrogen (secondary N) is 1. The van der Waals surface area contributed by atoms with Crippen molar-refractivity contribution in [3.05, 3.63) is 29.8 Å². The lowest BCUT2D eigenvalue weighted by Crippen LogP contribution is -2.36. The summed E-state index contributed by atoms with van der Waals surface area (Å²) in [6.07, 6.45) is 0. The summed E-state index contributed by atoms with van der Waals surface area (Å²) in [5.41, 5.74) is 1.08. The zero-order valence-electron chi connectivity index (χ0n) is 12.4. The molecule has 0 saturated heterocycles. The van der Waals surface area contributed by atoms with Crippen molar-refractivity contribution in [2.24, 2.45) is 5.92 Å². The summed E-state index contributed by atoms with van der Waals surface area (Å²) in [6.45, 7) is 4.36. The molecule has 0 fully saturated rings. The highest BCUT2D eigenvalue weighted by Crippen LogP contribution is 2.27. The molecule has 1 atom stereocenters. The summed E-state index contributed by atoms with van der Waals surface area (Å²) in [7, 11) is 5.66. The number of carbonyl (C=O) groups excluding carboxylic acids is 1. The van der Waals surface area contributed by atoms with E-state index >= 15 is 0 Å². The minimum atomic E-state index is 0.000446. The van der Waals surface area contributed by atoms with Gasteiger partial charge in [0.15, 0.2) is 0 Å². The SMILES string of the molecule is COc1ccccc1[C@@H](CNC(=O)C(C)C)N(C)C. The minimum Gasteiger partial charge on any atom is -0.496 e. The molecule has 1 rings (SSSR count). The van der Waals surface area contributed by atoms with E-state index in [4.69, 9.17) is 4.74 Å². The maximum atomic E-state index is 11.7. The van der Waals surface area contributed by atoms with Crippen molar-refractivity contribution >= 4 is 5.91 Å². The van der Waals surface area contributed by atoms with Crippen molar-refractivity contribution < 1.29 is 9.53 Å². The monoisotopic (exact) mass is 264 g/mol. The molecule has 0 unspecified atom stereocenters. The van der Waals surface area contributed by atoms with Gasteiger partial charge in [-0.3, -0.25) is 4.79 Å². The number of hydrogen-bond acceptors (Lipinski definition) is 3. The summed E-state index contributed by atoms with van der Waals surface area (Å²) in [4.78, 5) is 13.8. The quantitative estimate of drug-likeness (QED) is 0.855. The molecule has 0 aliphatic heterocycles. The summed E-state index contributed by atoms with van der Waals surface area (Å²) >= 11 is 0. The highest BCUT2D eigenvalue weighted by molar-refractivity contribution is 5.77. The number of amides is 1. The summed E-state index contributed by atoms with van der Waals surface area (Å²) in [5.74, 6) is 0.919. The minimum absolute atomic E-state index is 0.000446. The van der Waals surface area contributed by atoms with Gasteiger partial charge in [-0.15, -0.1) is 0 Å². The first-order valence-corrected chi connectivity index (χ1v) is 6.54. The molecule has 0 aromatic heterocycles. The number of ether oxygens (including phenoxy) is 1. The molecule has 0 aliphatic rings. The second kappa shape index (κ2) is 7.14. The Morgan fingerprint density at radius 2 is 1.95 bits per heavy atom. The predicted octanol–water partition coefficient (Wildman–Crippen LogP) is 2.07. The van der Waals surface area contributed by atoms with E-state index in [1.807, 2.05) is 52.2 Å². The molecule has 19 heavy (non-hydrogen) atoms. The van der Waals surface area contributed by atoms with E-state index in [0.717, 1.165) is 11.3 Å². The maximum absolute atomic E-state index is 11.7. The summed E-state index contributed by atoms with van der Waals surface area (Å²) in [6, 6.07) is 8.00. The van der Waals surface area contributed by atoms with Crippen LogP contribution in [0.2, 0.25) is 0 Å². The number of methoxy groups -OCH3 is 1. The van der Waals surface area contributed by atoms with Gasteiger partial charge in [0.25, 0.3) is 0 Å². The Hall–Kier alpha value is -1.55. The molecule has 1 aromatic rings. The van der Waals surface area contributed by atoms with Crippen LogP contribution in [-0.4, -0.2) is 38.6 Å². The van der Waals surface area contributed by atoms with Crippen molar-refractivity contribution in [3.63, 3.8) is 0 Å². The normalized spacial score (nSPS) is 12.6. The number of hydrogen-bond donors (Lipinski definition) is 1. The van der Waals surface area contributed by atoms with Crippen LogP contribution in [0.4, 0.5) is 0 Å². The number of nitrogens with zero attached hydrogens (tertiary/aromatic N) is 1. The molecule has 4 heteroatoms. The predicted molar refractivity (Wildman–Crippen MR) is 77.3 cm³/mol. The first-order valence-electron chi connectivity index (χ1n) is 6.54. The average molecular weight is 264 g/mol. The van der Waals surface area contributed by atoms with Crippen LogP contribution >= 0.6 is 0 Å². The molecule has 0 aliphatic carbocycles. The molecule has 0 bridgehead atoms. The number of carbonyl (C=O) groups is 1. The van der Waals surface area contributed by atoms with Gasteiger partial charge in [0.05, 0.1) is 13.2 Å². The van der Waals surface area contributed by atoms with Gasteiger partial charge in [-0.05, 0) is 20.2 Å². The molecular formula is C15H24N2O2. The number of likely N-dealkylation sites (N-methyl/N-ethyl adjacent to an activating group) is 1. The first kappa shape index (κ1) is 15.5. The van der Waals surface area contributed by atoms with Crippen LogP contribution in [0, 0.1) is 5.92 Å². The van der Waals surface area contributed by atoms with Crippen LogP contribution in [0.15, 0.2) is 24.3 Å². The first-order chi connectivity index (χ1) is 8.97.